The van der Waals surface area contributed by atoms with Crippen molar-refractivity contribution in [3.63, 3.8) is 0 Å². The lowest BCUT2D eigenvalue weighted by Crippen LogP contribution is -2.12. The van der Waals surface area contributed by atoms with Gasteiger partial charge in [-0.05, 0) is 46.3 Å². The molecular formula is C11H9BrFNO4S. The third kappa shape index (κ3) is 3.14. The number of hydrogen-bond donors (Lipinski definition) is 2. The van der Waals surface area contributed by atoms with Gasteiger partial charge in [0.25, 0.3) is 10.0 Å². The van der Waals surface area contributed by atoms with Crippen LogP contribution in [-0.4, -0.2) is 13.5 Å². The van der Waals surface area contributed by atoms with Gasteiger partial charge in [-0.25, -0.2) is 4.39 Å². The molecular weight excluding hydrogens is 341 g/mol. The second kappa shape index (κ2) is 5.32. The molecule has 1 heterocycles. The van der Waals surface area contributed by atoms with Gasteiger partial charge in [0, 0.05) is 0 Å². The summed E-state index contributed by atoms with van der Waals surface area (Å²) in [4.78, 5) is 0. The molecule has 2 rings (SSSR count). The molecule has 0 radical (unpaired) electrons. The normalized spacial score (nSPS) is 11.5. The average Bonchev–Trinajstić information content (AvgIpc) is 2.83. The van der Waals surface area contributed by atoms with E-state index >= 15 is 0 Å². The summed E-state index contributed by atoms with van der Waals surface area (Å²) in [5, 5.41) is 8.46. The maximum Gasteiger partial charge on any atom is 0.295 e. The topological polar surface area (TPSA) is 79.5 Å². The van der Waals surface area contributed by atoms with Crippen molar-refractivity contribution in [2.24, 2.45) is 0 Å². The van der Waals surface area contributed by atoms with E-state index in [1.165, 1.54) is 24.3 Å². The van der Waals surface area contributed by atoms with Gasteiger partial charge in [-0.15, -0.1) is 0 Å². The van der Waals surface area contributed by atoms with Crippen LogP contribution in [0, 0.1) is 5.82 Å². The largest absolute Gasteiger partial charge is 0.445 e. The quantitative estimate of drug-likeness (QED) is 0.888. The van der Waals surface area contributed by atoms with Gasteiger partial charge in [0.15, 0.2) is 0 Å². The Labute approximate surface area is 117 Å². The lowest BCUT2D eigenvalue weighted by molar-refractivity contribution is 0.236. The van der Waals surface area contributed by atoms with Crippen molar-refractivity contribution in [1.29, 1.82) is 0 Å². The van der Waals surface area contributed by atoms with Crippen LogP contribution in [0.3, 0.4) is 0 Å². The van der Waals surface area contributed by atoms with Crippen molar-refractivity contribution in [2.45, 2.75) is 11.7 Å². The molecule has 0 saturated heterocycles. The molecule has 102 valence electrons. The lowest BCUT2D eigenvalue weighted by atomic mass is 10.3. The number of nitrogens with one attached hydrogen (secondary N) is 1. The highest BCUT2D eigenvalue weighted by Crippen LogP contribution is 2.22. The predicted molar refractivity (Wildman–Crippen MR) is 69.5 cm³/mol. The second-order valence-corrected chi connectivity index (χ2v) is 6.08. The Morgan fingerprint density at radius 3 is 2.63 bits per heavy atom. The van der Waals surface area contributed by atoms with Crippen molar-refractivity contribution in [1.82, 2.24) is 0 Å². The van der Waals surface area contributed by atoms with Crippen LogP contribution in [-0.2, 0) is 16.6 Å². The minimum absolute atomic E-state index is 0.0719. The van der Waals surface area contributed by atoms with Crippen LogP contribution in [0.1, 0.15) is 5.76 Å². The Kier molecular flexibility index (Phi) is 3.93. The summed E-state index contributed by atoms with van der Waals surface area (Å²) in [6.45, 7) is -0.400. The number of halogens is 2. The molecule has 0 aliphatic heterocycles. The van der Waals surface area contributed by atoms with E-state index in [-0.39, 0.29) is 21.0 Å². The second-order valence-electron chi connectivity index (χ2n) is 3.61. The van der Waals surface area contributed by atoms with Crippen molar-refractivity contribution in [3.05, 3.63) is 46.4 Å². The van der Waals surface area contributed by atoms with E-state index in [9.17, 15) is 12.8 Å². The minimum atomic E-state index is -3.94. The molecule has 1 aromatic carbocycles. The van der Waals surface area contributed by atoms with Crippen LogP contribution >= 0.6 is 15.9 Å². The van der Waals surface area contributed by atoms with Crippen molar-refractivity contribution in [3.8, 4) is 0 Å². The summed E-state index contributed by atoms with van der Waals surface area (Å²) in [5.74, 6) is -0.460. The number of aliphatic hydroxyl groups excluding tert-OH is 1. The van der Waals surface area contributed by atoms with Gasteiger partial charge < -0.3 is 9.52 Å². The van der Waals surface area contributed by atoms with E-state index in [2.05, 4.69) is 20.7 Å². The van der Waals surface area contributed by atoms with Crippen LogP contribution in [0.2, 0.25) is 0 Å². The first-order valence-electron chi connectivity index (χ1n) is 5.10. The first kappa shape index (κ1) is 14.0. The van der Waals surface area contributed by atoms with Gasteiger partial charge in [-0.3, -0.25) is 4.72 Å². The molecule has 0 atom stereocenters. The van der Waals surface area contributed by atoms with Crippen LogP contribution < -0.4 is 4.72 Å². The van der Waals surface area contributed by atoms with Gasteiger partial charge in [0.1, 0.15) is 18.2 Å². The Morgan fingerprint density at radius 2 is 2.05 bits per heavy atom. The van der Waals surface area contributed by atoms with E-state index in [4.69, 9.17) is 9.52 Å². The molecule has 0 saturated carbocycles. The summed E-state index contributed by atoms with van der Waals surface area (Å²) >= 11 is 2.97. The Bertz CT molecular complexity index is 698. The molecule has 8 heteroatoms. The smallest absolute Gasteiger partial charge is 0.295 e. The summed E-state index contributed by atoms with van der Waals surface area (Å²) in [7, 11) is -3.94. The van der Waals surface area contributed by atoms with Crippen LogP contribution in [0.15, 0.2) is 44.3 Å². The van der Waals surface area contributed by atoms with Crippen LogP contribution in [0.25, 0.3) is 0 Å². The van der Waals surface area contributed by atoms with Gasteiger partial charge >= 0.3 is 0 Å². The number of anilines is 1. The zero-order chi connectivity index (χ0) is 14.0. The Balaban J connectivity index is 2.28. The van der Waals surface area contributed by atoms with E-state index in [0.29, 0.717) is 0 Å². The van der Waals surface area contributed by atoms with E-state index in [0.717, 1.165) is 6.07 Å². The van der Waals surface area contributed by atoms with E-state index in [1.807, 2.05) is 0 Å². The average molecular weight is 350 g/mol. The number of furan rings is 1. The zero-order valence-corrected chi connectivity index (χ0v) is 11.8. The summed E-state index contributed by atoms with van der Waals surface area (Å²) in [6, 6.07) is 6.38. The molecule has 0 spiro atoms. The van der Waals surface area contributed by atoms with Gasteiger partial charge in [0.05, 0.1) is 10.2 Å². The van der Waals surface area contributed by atoms with Crippen molar-refractivity contribution >= 4 is 31.6 Å². The molecule has 0 aliphatic rings. The molecule has 0 aliphatic carbocycles. The number of hydrogen-bond acceptors (Lipinski definition) is 4. The molecule has 1 aromatic heterocycles. The summed E-state index contributed by atoms with van der Waals surface area (Å²) in [6.07, 6.45) is 0. The fraction of sp³-hybridized carbons (Fsp3) is 0.0909. The highest BCUT2D eigenvalue weighted by molar-refractivity contribution is 9.10. The van der Waals surface area contributed by atoms with E-state index in [1.54, 1.807) is 0 Å². The lowest BCUT2D eigenvalue weighted by Gasteiger charge is -2.06. The molecule has 19 heavy (non-hydrogen) atoms. The third-order valence-electron chi connectivity index (χ3n) is 2.23. The van der Waals surface area contributed by atoms with Crippen LogP contribution in [0.5, 0.6) is 0 Å². The highest BCUT2D eigenvalue weighted by Gasteiger charge is 2.19. The number of aliphatic hydroxyl groups is 1. The van der Waals surface area contributed by atoms with Crippen LogP contribution in [0.4, 0.5) is 10.1 Å². The van der Waals surface area contributed by atoms with E-state index < -0.39 is 22.4 Å². The standard InChI is InChI=1S/C11H9BrFNO4S/c12-9-3-1-7(5-10(9)13)14-19(16,17)11-4-2-8(6-15)18-11/h1-5,14-15H,6H2. The van der Waals surface area contributed by atoms with Gasteiger partial charge in [-0.2, -0.15) is 8.42 Å². The fourth-order valence-electron chi connectivity index (χ4n) is 1.35. The van der Waals surface area contributed by atoms with Gasteiger partial charge in [0.2, 0.25) is 5.09 Å². The molecule has 5 nitrogen and oxygen atoms in total. The first-order chi connectivity index (χ1) is 8.92. The third-order valence-corrected chi connectivity index (χ3v) is 4.13. The van der Waals surface area contributed by atoms with Gasteiger partial charge in [-0.1, -0.05) is 0 Å². The predicted octanol–water partition coefficient (Wildman–Crippen LogP) is 2.47. The number of sulfonamides is 1. The molecule has 0 bridgehead atoms. The summed E-state index contributed by atoms with van der Waals surface area (Å²) in [5.41, 5.74) is 0.0719. The Hall–Kier alpha value is -1.38. The number of rotatable bonds is 4. The monoisotopic (exact) mass is 349 g/mol. The van der Waals surface area contributed by atoms with Crippen molar-refractivity contribution in [2.75, 3.05) is 4.72 Å². The molecule has 2 N–H and O–H groups in total. The molecule has 2 aromatic rings. The molecule has 0 unspecified atom stereocenters. The molecule has 0 fully saturated rings. The first-order valence-corrected chi connectivity index (χ1v) is 7.37. The maximum absolute atomic E-state index is 13.3. The highest BCUT2D eigenvalue weighted by atomic mass is 79.9. The van der Waals surface area contributed by atoms with Crippen molar-refractivity contribution < 1.29 is 22.3 Å². The maximum atomic E-state index is 13.3. The molecule has 0 amide bonds. The fourth-order valence-corrected chi connectivity index (χ4v) is 2.60. The minimum Gasteiger partial charge on any atom is -0.445 e. The summed E-state index contributed by atoms with van der Waals surface area (Å²) < 4.78 is 44.4. The zero-order valence-electron chi connectivity index (χ0n) is 9.43. The number of benzene rings is 1. The SMILES string of the molecule is O=S(=O)(Nc1ccc(Br)c(F)c1)c1ccc(CO)o1. The Morgan fingerprint density at radius 1 is 1.32 bits per heavy atom.